The maximum atomic E-state index is 13.1. The minimum absolute atomic E-state index is 0.344. The molecule has 0 spiro atoms. The van der Waals surface area contributed by atoms with Crippen LogP contribution < -0.4 is 20.9 Å². The molecule has 0 aliphatic carbocycles. The summed E-state index contributed by atoms with van der Waals surface area (Å²) in [5.74, 6) is 0.563. The van der Waals surface area contributed by atoms with E-state index in [1.807, 2.05) is 24.3 Å². The molecule has 1 atom stereocenters. The predicted molar refractivity (Wildman–Crippen MR) is 134 cm³/mol. The van der Waals surface area contributed by atoms with Crippen LogP contribution in [0.3, 0.4) is 0 Å². The molecule has 3 heterocycles. The molecule has 4 rings (SSSR count). The van der Waals surface area contributed by atoms with Crippen LogP contribution in [-0.2, 0) is 0 Å². The van der Waals surface area contributed by atoms with Gasteiger partial charge in [-0.15, -0.1) is 0 Å². The second kappa shape index (κ2) is 10.8. The average Bonchev–Trinajstić information content (AvgIpc) is 3.46. The summed E-state index contributed by atoms with van der Waals surface area (Å²) < 4.78 is 0. The Bertz CT molecular complexity index is 1090. The number of anilines is 1. The molecule has 11 heteroatoms. The standard InChI is InChI=1S/C23H32N8O2S/c1-15(2)8-9-24-23(33)29-20(19-26-16-6-4-5-7-17(16)27-19)28-21(32)22-25-14-18(34-22)31-12-10-30(3)11-13-31/h4-7,14-15,20H,8-13H2,1-3H3,(H,26,27)(H,28,32)(H2,24,29,33). The SMILES string of the molecule is CC(C)CCNC(=O)NC(NC(=O)c1ncc(N2CCN(C)CC2)s1)c1nc2ccccc2[nH]1. The fourth-order valence-electron chi connectivity index (χ4n) is 3.67. The number of benzene rings is 1. The monoisotopic (exact) mass is 484 g/mol. The maximum Gasteiger partial charge on any atom is 0.316 e. The maximum absolute atomic E-state index is 13.1. The van der Waals surface area contributed by atoms with E-state index in [-0.39, 0.29) is 11.9 Å². The molecule has 1 aromatic carbocycles. The molecule has 1 aliphatic rings. The summed E-state index contributed by atoms with van der Waals surface area (Å²) in [5, 5.41) is 9.87. The van der Waals surface area contributed by atoms with Crippen molar-refractivity contribution in [3.05, 3.63) is 41.3 Å². The topological polar surface area (TPSA) is 118 Å². The number of imidazole rings is 1. The van der Waals surface area contributed by atoms with Gasteiger partial charge in [0.15, 0.2) is 17.0 Å². The van der Waals surface area contributed by atoms with Crippen molar-refractivity contribution in [1.82, 2.24) is 35.8 Å². The Kier molecular flexibility index (Phi) is 7.63. The van der Waals surface area contributed by atoms with Gasteiger partial charge in [-0.2, -0.15) is 0 Å². The van der Waals surface area contributed by atoms with Gasteiger partial charge in [0.2, 0.25) is 0 Å². The number of nitrogens with zero attached hydrogens (tertiary/aromatic N) is 4. The van der Waals surface area contributed by atoms with E-state index in [1.165, 1.54) is 11.3 Å². The zero-order chi connectivity index (χ0) is 24.1. The Morgan fingerprint density at radius 3 is 2.65 bits per heavy atom. The van der Waals surface area contributed by atoms with Crippen molar-refractivity contribution in [2.45, 2.75) is 26.4 Å². The highest BCUT2D eigenvalue weighted by molar-refractivity contribution is 7.17. The van der Waals surface area contributed by atoms with Crippen LogP contribution in [0.5, 0.6) is 0 Å². The van der Waals surface area contributed by atoms with Gasteiger partial charge in [-0.25, -0.2) is 14.8 Å². The van der Waals surface area contributed by atoms with Gasteiger partial charge in [0, 0.05) is 32.7 Å². The smallest absolute Gasteiger partial charge is 0.316 e. The number of hydrogen-bond donors (Lipinski definition) is 4. The van der Waals surface area contributed by atoms with E-state index in [0.717, 1.165) is 48.6 Å². The van der Waals surface area contributed by atoms with Crippen molar-refractivity contribution in [3.8, 4) is 0 Å². The van der Waals surface area contributed by atoms with Gasteiger partial charge in [-0.3, -0.25) is 4.79 Å². The number of aromatic amines is 1. The highest BCUT2D eigenvalue weighted by Gasteiger charge is 2.24. The van der Waals surface area contributed by atoms with Gasteiger partial charge in [-0.1, -0.05) is 37.3 Å². The zero-order valence-corrected chi connectivity index (χ0v) is 20.6. The van der Waals surface area contributed by atoms with Crippen LogP contribution in [0.1, 0.15) is 42.1 Å². The van der Waals surface area contributed by atoms with E-state index in [2.05, 4.69) is 61.6 Å². The van der Waals surface area contributed by atoms with Crippen molar-refractivity contribution in [1.29, 1.82) is 0 Å². The van der Waals surface area contributed by atoms with Gasteiger partial charge in [0.05, 0.1) is 17.2 Å². The minimum Gasteiger partial charge on any atom is -0.360 e. The van der Waals surface area contributed by atoms with Gasteiger partial charge in [0.25, 0.3) is 5.91 Å². The Labute approximate surface area is 203 Å². The van der Waals surface area contributed by atoms with E-state index in [9.17, 15) is 9.59 Å². The van der Waals surface area contributed by atoms with Crippen LogP contribution in [-0.4, -0.2) is 71.6 Å². The zero-order valence-electron chi connectivity index (χ0n) is 19.8. The van der Waals surface area contributed by atoms with Crippen LogP contribution in [0.2, 0.25) is 0 Å². The molecule has 0 radical (unpaired) electrons. The molecule has 2 aromatic heterocycles. The van der Waals surface area contributed by atoms with Crippen molar-refractivity contribution in [2.75, 3.05) is 44.7 Å². The first-order valence-electron chi connectivity index (χ1n) is 11.6. The minimum atomic E-state index is -0.838. The Hall–Kier alpha value is -3.18. The fraction of sp³-hybridized carbons (Fsp3) is 0.478. The third-order valence-electron chi connectivity index (χ3n) is 5.74. The number of likely N-dealkylation sites (N-methyl/N-ethyl adjacent to an activating group) is 1. The van der Waals surface area contributed by atoms with Gasteiger partial charge in [0.1, 0.15) is 5.00 Å². The van der Waals surface area contributed by atoms with E-state index in [1.54, 1.807) is 6.20 Å². The lowest BCUT2D eigenvalue weighted by molar-refractivity contribution is 0.0929. The first-order chi connectivity index (χ1) is 16.4. The van der Waals surface area contributed by atoms with Crippen LogP contribution >= 0.6 is 11.3 Å². The molecule has 0 bridgehead atoms. The molecule has 3 aromatic rings. The summed E-state index contributed by atoms with van der Waals surface area (Å²) in [5.41, 5.74) is 1.58. The van der Waals surface area contributed by atoms with Crippen LogP contribution in [0.4, 0.5) is 9.80 Å². The Morgan fingerprint density at radius 2 is 1.91 bits per heavy atom. The number of para-hydroxylation sites is 2. The summed E-state index contributed by atoms with van der Waals surface area (Å²) in [6.07, 6.45) is 1.77. The first kappa shape index (κ1) is 24.0. The molecule has 1 unspecified atom stereocenters. The van der Waals surface area contributed by atoms with Crippen LogP contribution in [0.25, 0.3) is 11.0 Å². The second-order valence-electron chi connectivity index (χ2n) is 8.92. The molecule has 182 valence electrons. The molecule has 1 fully saturated rings. The third-order valence-corrected chi connectivity index (χ3v) is 6.80. The number of carbonyl (C=O) groups is 2. The summed E-state index contributed by atoms with van der Waals surface area (Å²) in [6.45, 7) is 8.50. The quantitative estimate of drug-likeness (QED) is 0.365. The lowest BCUT2D eigenvalue weighted by Gasteiger charge is -2.32. The van der Waals surface area contributed by atoms with Crippen LogP contribution in [0, 0.1) is 5.92 Å². The summed E-state index contributed by atoms with van der Waals surface area (Å²) >= 11 is 1.35. The van der Waals surface area contributed by atoms with Crippen molar-refractivity contribution < 1.29 is 9.59 Å². The lowest BCUT2D eigenvalue weighted by Crippen LogP contribution is -2.46. The Balaban J connectivity index is 1.47. The van der Waals surface area contributed by atoms with E-state index >= 15 is 0 Å². The molecule has 34 heavy (non-hydrogen) atoms. The molecule has 1 aliphatic heterocycles. The lowest BCUT2D eigenvalue weighted by atomic mass is 10.1. The molecule has 10 nitrogen and oxygen atoms in total. The highest BCUT2D eigenvalue weighted by Crippen LogP contribution is 2.25. The van der Waals surface area contributed by atoms with Gasteiger partial charge >= 0.3 is 6.03 Å². The molecule has 3 amide bonds. The summed E-state index contributed by atoms with van der Waals surface area (Å²) in [6, 6.07) is 7.20. The highest BCUT2D eigenvalue weighted by atomic mass is 32.1. The normalized spacial score (nSPS) is 15.5. The number of carbonyl (C=O) groups excluding carboxylic acids is 2. The van der Waals surface area contributed by atoms with Crippen LogP contribution in [0.15, 0.2) is 30.5 Å². The largest absolute Gasteiger partial charge is 0.360 e. The number of nitrogens with one attached hydrogen (secondary N) is 4. The first-order valence-corrected chi connectivity index (χ1v) is 12.4. The van der Waals surface area contributed by atoms with Crippen molar-refractivity contribution >= 4 is 39.3 Å². The van der Waals surface area contributed by atoms with Gasteiger partial charge in [-0.05, 0) is 31.5 Å². The fourth-order valence-corrected chi connectivity index (χ4v) is 4.55. The number of urea groups is 1. The number of rotatable bonds is 8. The number of H-pyrrole nitrogens is 1. The van der Waals surface area contributed by atoms with Crippen molar-refractivity contribution in [2.24, 2.45) is 5.92 Å². The number of piperazine rings is 1. The Morgan fingerprint density at radius 1 is 1.15 bits per heavy atom. The number of thiazole rings is 1. The predicted octanol–water partition coefficient (Wildman–Crippen LogP) is 2.55. The molecular weight excluding hydrogens is 452 g/mol. The molecular formula is C23H32N8O2S. The molecule has 0 saturated carbocycles. The number of fused-ring (bicyclic) bond motifs is 1. The number of aromatic nitrogens is 3. The van der Waals surface area contributed by atoms with Crippen molar-refractivity contribution in [3.63, 3.8) is 0 Å². The molecule has 1 saturated heterocycles. The number of hydrogen-bond acceptors (Lipinski definition) is 7. The second-order valence-corrected chi connectivity index (χ2v) is 9.93. The average molecular weight is 485 g/mol. The third kappa shape index (κ3) is 6.03. The van der Waals surface area contributed by atoms with E-state index < -0.39 is 6.17 Å². The van der Waals surface area contributed by atoms with Gasteiger partial charge < -0.3 is 30.7 Å². The number of amides is 3. The summed E-state index contributed by atoms with van der Waals surface area (Å²) in [4.78, 5) is 42.2. The van der Waals surface area contributed by atoms with E-state index in [0.29, 0.717) is 23.3 Å². The summed E-state index contributed by atoms with van der Waals surface area (Å²) in [7, 11) is 2.10. The molecule has 4 N–H and O–H groups in total. The van der Waals surface area contributed by atoms with E-state index in [4.69, 9.17) is 0 Å².